The van der Waals surface area contributed by atoms with Crippen molar-refractivity contribution in [3.8, 4) is 0 Å². The van der Waals surface area contributed by atoms with Crippen molar-refractivity contribution in [2.75, 3.05) is 5.75 Å². The van der Waals surface area contributed by atoms with E-state index in [1.165, 1.54) is 211 Å². The van der Waals surface area contributed by atoms with Gasteiger partial charge in [0, 0.05) is 19.2 Å². The van der Waals surface area contributed by atoms with Crippen LogP contribution in [-0.4, -0.2) is 20.5 Å². The molecule has 0 spiro atoms. The van der Waals surface area contributed by atoms with Gasteiger partial charge in [0.05, 0.1) is 0 Å². The summed E-state index contributed by atoms with van der Waals surface area (Å²) in [6, 6.07) is 0. The van der Waals surface area contributed by atoms with E-state index in [4.69, 9.17) is 0 Å². The molecule has 5 heteroatoms. The zero-order chi connectivity index (χ0) is 30.9. The molecule has 254 valence electrons. The molecule has 0 N–H and O–H groups in total. The van der Waals surface area contributed by atoms with E-state index in [1.807, 2.05) is 21.6 Å². The van der Waals surface area contributed by atoms with Crippen LogP contribution < -0.4 is 0 Å². The van der Waals surface area contributed by atoms with Gasteiger partial charge in [-0.05, 0) is 23.6 Å². The maximum Gasteiger partial charge on any atom is 0.201 e. The predicted octanol–water partition coefficient (Wildman–Crippen LogP) is 14.2. The quantitative estimate of drug-likeness (QED) is 0.0547. The van der Waals surface area contributed by atoms with Gasteiger partial charge in [0.2, 0.25) is 5.16 Å². The van der Waals surface area contributed by atoms with E-state index in [1.54, 1.807) is 0 Å². The van der Waals surface area contributed by atoms with Gasteiger partial charge in [-0.25, -0.2) is 0 Å². The summed E-state index contributed by atoms with van der Waals surface area (Å²) in [5.74, 6) is 2.39. The van der Waals surface area contributed by atoms with E-state index in [9.17, 15) is 0 Å². The minimum Gasteiger partial charge on any atom is -0.308 e. The molecular formula is C38H75N3S2. The van der Waals surface area contributed by atoms with Crippen molar-refractivity contribution in [3.05, 3.63) is 5.82 Å². The molecule has 0 saturated heterocycles. The molecule has 1 heterocycles. The van der Waals surface area contributed by atoms with Gasteiger partial charge < -0.3 is 4.57 Å². The molecule has 0 radical (unpaired) electrons. The fourth-order valence-electron chi connectivity index (χ4n) is 6.09. The summed E-state index contributed by atoms with van der Waals surface area (Å²) >= 11 is 0. The number of hydrogen-bond donors (Lipinski definition) is 0. The number of hydrogen-bond acceptors (Lipinski definition) is 4. The number of unbranched alkanes of at least 4 members (excludes halogenated alkanes) is 29. The van der Waals surface area contributed by atoms with Gasteiger partial charge in [0.25, 0.3) is 0 Å². The zero-order valence-electron chi connectivity index (χ0n) is 29.5. The van der Waals surface area contributed by atoms with Crippen LogP contribution in [0, 0.1) is 0 Å². The molecule has 0 aliphatic rings. The largest absolute Gasteiger partial charge is 0.308 e. The van der Waals surface area contributed by atoms with Gasteiger partial charge in [-0.2, -0.15) is 0 Å². The average Bonchev–Trinajstić information content (AvgIpc) is 3.37. The summed E-state index contributed by atoms with van der Waals surface area (Å²) in [7, 11) is 5.94. The lowest BCUT2D eigenvalue weighted by atomic mass is 10.0. The van der Waals surface area contributed by atoms with E-state index >= 15 is 0 Å². The van der Waals surface area contributed by atoms with Crippen molar-refractivity contribution in [1.82, 2.24) is 14.8 Å². The number of aromatic nitrogens is 3. The Morgan fingerprint density at radius 3 is 1.12 bits per heavy atom. The number of rotatable bonds is 35. The summed E-state index contributed by atoms with van der Waals surface area (Å²) in [5, 5.41) is 10.1. The summed E-state index contributed by atoms with van der Waals surface area (Å²) in [6.45, 7) is 4.60. The van der Waals surface area contributed by atoms with Crippen molar-refractivity contribution >= 4 is 21.6 Å². The Kier molecular flexibility index (Phi) is 31.6. The van der Waals surface area contributed by atoms with Crippen LogP contribution in [0.2, 0.25) is 0 Å². The molecule has 1 rings (SSSR count). The molecule has 0 atom stereocenters. The molecule has 0 aliphatic carbocycles. The Morgan fingerprint density at radius 1 is 0.419 bits per heavy atom. The molecule has 0 saturated carbocycles. The second-order valence-electron chi connectivity index (χ2n) is 13.4. The molecule has 0 bridgehead atoms. The van der Waals surface area contributed by atoms with Crippen LogP contribution in [0.15, 0.2) is 5.16 Å². The Balaban J connectivity index is 1.84. The first kappa shape index (κ1) is 40.9. The van der Waals surface area contributed by atoms with Crippen LogP contribution in [0.1, 0.15) is 219 Å². The van der Waals surface area contributed by atoms with Crippen LogP contribution in [-0.2, 0) is 13.5 Å². The van der Waals surface area contributed by atoms with Gasteiger partial charge >= 0.3 is 0 Å². The molecule has 1 aromatic rings. The van der Waals surface area contributed by atoms with Crippen molar-refractivity contribution in [2.24, 2.45) is 7.05 Å². The van der Waals surface area contributed by atoms with E-state index < -0.39 is 0 Å². The zero-order valence-corrected chi connectivity index (χ0v) is 31.1. The van der Waals surface area contributed by atoms with Gasteiger partial charge in [-0.1, -0.05) is 211 Å². The third-order valence-corrected chi connectivity index (χ3v) is 11.5. The van der Waals surface area contributed by atoms with Crippen LogP contribution in [0.25, 0.3) is 0 Å². The van der Waals surface area contributed by atoms with Gasteiger partial charge in [0.1, 0.15) is 5.82 Å². The summed E-state index contributed by atoms with van der Waals surface area (Å²) < 4.78 is 2.23. The monoisotopic (exact) mass is 638 g/mol. The molecule has 1 aromatic heterocycles. The molecular weight excluding hydrogens is 563 g/mol. The lowest BCUT2D eigenvalue weighted by molar-refractivity contribution is 0.530. The maximum absolute atomic E-state index is 4.50. The van der Waals surface area contributed by atoms with Gasteiger partial charge in [-0.3, -0.25) is 0 Å². The summed E-state index contributed by atoms with van der Waals surface area (Å²) in [5.41, 5.74) is 0. The fourth-order valence-corrected chi connectivity index (χ4v) is 8.25. The fraction of sp³-hybridized carbons (Fsp3) is 0.947. The summed E-state index contributed by atoms with van der Waals surface area (Å²) in [6.07, 6.45) is 45.3. The Hall–Kier alpha value is -0.160. The first-order valence-corrected chi connectivity index (χ1v) is 21.8. The summed E-state index contributed by atoms with van der Waals surface area (Å²) in [4.78, 5) is 0. The van der Waals surface area contributed by atoms with Gasteiger partial charge in [0.15, 0.2) is 0 Å². The maximum atomic E-state index is 4.50. The highest BCUT2D eigenvalue weighted by atomic mass is 33.1. The third kappa shape index (κ3) is 26.7. The number of nitrogens with zero attached hydrogens (tertiary/aromatic N) is 3. The highest BCUT2D eigenvalue weighted by molar-refractivity contribution is 8.76. The Morgan fingerprint density at radius 2 is 0.744 bits per heavy atom. The molecule has 43 heavy (non-hydrogen) atoms. The minimum atomic E-state index is 1.08. The van der Waals surface area contributed by atoms with Crippen molar-refractivity contribution in [3.63, 3.8) is 0 Å². The predicted molar refractivity (Wildman–Crippen MR) is 197 cm³/mol. The van der Waals surface area contributed by atoms with Crippen LogP contribution in [0.4, 0.5) is 0 Å². The van der Waals surface area contributed by atoms with Crippen molar-refractivity contribution < 1.29 is 0 Å². The minimum absolute atomic E-state index is 1.08. The topological polar surface area (TPSA) is 30.7 Å². The molecule has 0 amide bonds. The van der Waals surface area contributed by atoms with Crippen molar-refractivity contribution in [2.45, 2.75) is 224 Å². The standard InChI is InChI=1S/C38H75N3S2/c1-4-6-8-10-12-14-16-18-20-22-24-26-28-30-32-34-36-42-43-38-40-39-37(41(38)3)35-33-31-29-27-25-23-21-19-17-15-13-11-9-7-5-2/h4-36H2,1-3H3. The Bertz CT molecular complexity index is 678. The first-order chi connectivity index (χ1) is 21.3. The van der Waals surface area contributed by atoms with Crippen molar-refractivity contribution in [1.29, 1.82) is 0 Å². The highest BCUT2D eigenvalue weighted by Gasteiger charge is 2.09. The number of aryl methyl sites for hydroxylation is 1. The van der Waals surface area contributed by atoms with E-state index in [0.29, 0.717) is 0 Å². The molecule has 3 nitrogen and oxygen atoms in total. The molecule has 0 aromatic carbocycles. The lowest BCUT2D eigenvalue weighted by Crippen LogP contribution is -1.99. The lowest BCUT2D eigenvalue weighted by Gasteiger charge is -2.05. The normalized spacial score (nSPS) is 11.6. The third-order valence-electron chi connectivity index (χ3n) is 9.14. The van der Waals surface area contributed by atoms with Crippen LogP contribution in [0.5, 0.6) is 0 Å². The van der Waals surface area contributed by atoms with Gasteiger partial charge in [-0.15, -0.1) is 10.2 Å². The first-order valence-electron chi connectivity index (χ1n) is 19.5. The SMILES string of the molecule is CCCCCCCCCCCCCCCCCCSSc1nnc(CCCCCCCCCCCCCCCCC)n1C. The Labute approximate surface area is 278 Å². The molecule has 0 unspecified atom stereocenters. The van der Waals surface area contributed by atoms with Crippen LogP contribution >= 0.6 is 21.6 Å². The van der Waals surface area contributed by atoms with Crippen LogP contribution in [0.3, 0.4) is 0 Å². The van der Waals surface area contributed by atoms with E-state index in [-0.39, 0.29) is 0 Å². The van der Waals surface area contributed by atoms with E-state index in [2.05, 4.69) is 35.7 Å². The molecule has 0 fully saturated rings. The highest BCUT2D eigenvalue weighted by Crippen LogP contribution is 2.30. The smallest absolute Gasteiger partial charge is 0.201 e. The molecule has 0 aliphatic heterocycles. The average molecular weight is 638 g/mol. The second-order valence-corrected chi connectivity index (χ2v) is 15.7. The van der Waals surface area contributed by atoms with E-state index in [0.717, 1.165) is 11.6 Å². The second kappa shape index (κ2) is 33.2.